The maximum atomic E-state index is 12.6. The molecule has 138 valence electrons. The van der Waals surface area contributed by atoms with E-state index >= 15 is 0 Å². The first-order valence-electron chi connectivity index (χ1n) is 9.48. The molecule has 1 saturated heterocycles. The van der Waals surface area contributed by atoms with Crippen LogP contribution in [-0.2, 0) is 11.2 Å². The van der Waals surface area contributed by atoms with Gasteiger partial charge in [-0.15, -0.1) is 0 Å². The summed E-state index contributed by atoms with van der Waals surface area (Å²) in [4.78, 5) is 23.3. The molecule has 1 aliphatic rings. The Balaban J connectivity index is 1.44. The molecule has 3 aromatic rings. The van der Waals surface area contributed by atoms with Gasteiger partial charge in [0.05, 0.1) is 6.42 Å². The summed E-state index contributed by atoms with van der Waals surface area (Å²) >= 11 is 0. The van der Waals surface area contributed by atoms with Gasteiger partial charge in [-0.2, -0.15) is 0 Å². The van der Waals surface area contributed by atoms with E-state index in [1.165, 1.54) is 0 Å². The highest BCUT2D eigenvalue weighted by Gasteiger charge is 2.26. The van der Waals surface area contributed by atoms with Gasteiger partial charge in [-0.25, -0.2) is 4.98 Å². The Morgan fingerprint density at radius 1 is 1.07 bits per heavy atom. The third-order valence-corrected chi connectivity index (χ3v) is 5.30. The number of benzene rings is 1. The molecule has 0 bridgehead atoms. The van der Waals surface area contributed by atoms with Gasteiger partial charge < -0.3 is 9.47 Å². The lowest BCUT2D eigenvalue weighted by molar-refractivity contribution is -0.131. The van der Waals surface area contributed by atoms with Gasteiger partial charge in [0.2, 0.25) is 5.91 Å². The van der Waals surface area contributed by atoms with Crippen LogP contribution in [0.15, 0.2) is 61.1 Å². The van der Waals surface area contributed by atoms with E-state index in [0.717, 1.165) is 48.6 Å². The number of aryl methyl sites for hydroxylation is 1. The van der Waals surface area contributed by atoms with Crippen molar-refractivity contribution in [2.24, 2.45) is 0 Å². The molecule has 5 nitrogen and oxygen atoms in total. The maximum Gasteiger partial charge on any atom is 0.226 e. The summed E-state index contributed by atoms with van der Waals surface area (Å²) in [6.45, 7) is 3.69. The number of amides is 1. The van der Waals surface area contributed by atoms with E-state index in [2.05, 4.69) is 21.5 Å². The van der Waals surface area contributed by atoms with Crippen molar-refractivity contribution in [3.63, 3.8) is 0 Å². The Kier molecular flexibility index (Phi) is 5.01. The predicted octanol–water partition coefficient (Wildman–Crippen LogP) is 3.66. The number of hydrogen-bond donors (Lipinski definition) is 0. The molecular formula is C22H24N4O. The van der Waals surface area contributed by atoms with Crippen molar-refractivity contribution in [1.29, 1.82) is 0 Å². The molecule has 0 unspecified atom stereocenters. The standard InChI is InChI=1S/C22H24N4O/c1-17-16-24-22(19-7-11-23-12-8-19)26(17)20-9-13-25(14-10-20)21(27)15-18-5-3-2-4-6-18/h2-8,11-12,16,20H,9-10,13-15H2,1H3. The lowest BCUT2D eigenvalue weighted by atomic mass is 10.0. The van der Waals surface area contributed by atoms with Crippen LogP contribution in [0, 0.1) is 6.92 Å². The molecule has 3 heterocycles. The average Bonchev–Trinajstić information content (AvgIpc) is 3.11. The Morgan fingerprint density at radius 2 is 1.78 bits per heavy atom. The van der Waals surface area contributed by atoms with Crippen LogP contribution in [0.5, 0.6) is 0 Å². The molecule has 0 atom stereocenters. The molecule has 0 spiro atoms. The molecule has 1 aliphatic heterocycles. The fraction of sp³-hybridized carbons (Fsp3) is 0.318. The van der Waals surface area contributed by atoms with Gasteiger partial charge in [-0.1, -0.05) is 30.3 Å². The van der Waals surface area contributed by atoms with Crippen LogP contribution in [0.1, 0.15) is 30.1 Å². The average molecular weight is 360 g/mol. The Hall–Kier alpha value is -2.95. The third-order valence-electron chi connectivity index (χ3n) is 5.30. The van der Waals surface area contributed by atoms with E-state index in [9.17, 15) is 4.79 Å². The minimum Gasteiger partial charge on any atom is -0.342 e. The largest absolute Gasteiger partial charge is 0.342 e. The number of imidazole rings is 1. The monoisotopic (exact) mass is 360 g/mol. The molecule has 27 heavy (non-hydrogen) atoms. The van der Waals surface area contributed by atoms with Gasteiger partial charge >= 0.3 is 0 Å². The molecule has 1 amide bonds. The van der Waals surface area contributed by atoms with Crippen LogP contribution >= 0.6 is 0 Å². The highest BCUT2D eigenvalue weighted by atomic mass is 16.2. The first-order valence-corrected chi connectivity index (χ1v) is 9.48. The van der Waals surface area contributed by atoms with E-state index in [4.69, 9.17) is 0 Å². The number of carbonyl (C=O) groups is 1. The number of nitrogens with zero attached hydrogens (tertiary/aromatic N) is 4. The molecule has 4 rings (SSSR count). The van der Waals surface area contributed by atoms with Crippen molar-refractivity contribution in [2.75, 3.05) is 13.1 Å². The second-order valence-electron chi connectivity index (χ2n) is 7.10. The van der Waals surface area contributed by atoms with E-state index in [0.29, 0.717) is 12.5 Å². The van der Waals surface area contributed by atoms with Gasteiger partial charge in [-0.3, -0.25) is 9.78 Å². The lowest BCUT2D eigenvalue weighted by Gasteiger charge is -2.34. The highest BCUT2D eigenvalue weighted by Crippen LogP contribution is 2.30. The van der Waals surface area contributed by atoms with Crippen LogP contribution in [-0.4, -0.2) is 38.4 Å². The smallest absolute Gasteiger partial charge is 0.226 e. The Labute approximate surface area is 159 Å². The van der Waals surface area contributed by atoms with E-state index in [1.54, 1.807) is 12.4 Å². The lowest BCUT2D eigenvalue weighted by Crippen LogP contribution is -2.40. The van der Waals surface area contributed by atoms with Crippen LogP contribution in [0.2, 0.25) is 0 Å². The Bertz CT molecular complexity index is 897. The minimum absolute atomic E-state index is 0.219. The molecule has 0 aliphatic carbocycles. The van der Waals surface area contributed by atoms with Crippen molar-refractivity contribution >= 4 is 5.91 Å². The molecule has 0 radical (unpaired) electrons. The number of carbonyl (C=O) groups excluding carboxylic acids is 1. The molecular weight excluding hydrogens is 336 g/mol. The molecule has 1 aromatic carbocycles. The van der Waals surface area contributed by atoms with Gasteiger partial charge in [-0.05, 0) is 37.5 Å². The fourth-order valence-corrected chi connectivity index (χ4v) is 3.88. The van der Waals surface area contributed by atoms with Crippen LogP contribution in [0.25, 0.3) is 11.4 Å². The zero-order valence-corrected chi connectivity index (χ0v) is 15.6. The fourth-order valence-electron chi connectivity index (χ4n) is 3.88. The molecule has 5 heteroatoms. The van der Waals surface area contributed by atoms with Crippen LogP contribution < -0.4 is 0 Å². The van der Waals surface area contributed by atoms with Crippen molar-refractivity contribution < 1.29 is 4.79 Å². The van der Waals surface area contributed by atoms with E-state index < -0.39 is 0 Å². The number of aromatic nitrogens is 3. The van der Waals surface area contributed by atoms with Crippen molar-refractivity contribution in [2.45, 2.75) is 32.2 Å². The normalized spacial score (nSPS) is 15.1. The summed E-state index contributed by atoms with van der Waals surface area (Å²) < 4.78 is 2.33. The number of hydrogen-bond acceptors (Lipinski definition) is 3. The zero-order valence-electron chi connectivity index (χ0n) is 15.6. The topological polar surface area (TPSA) is 51.0 Å². The predicted molar refractivity (Wildman–Crippen MR) is 105 cm³/mol. The number of rotatable bonds is 4. The first kappa shape index (κ1) is 17.5. The van der Waals surface area contributed by atoms with E-state index in [1.807, 2.05) is 53.6 Å². The minimum atomic E-state index is 0.219. The van der Waals surface area contributed by atoms with Crippen LogP contribution in [0.3, 0.4) is 0 Å². The summed E-state index contributed by atoms with van der Waals surface area (Å²) in [5.41, 5.74) is 3.33. The molecule has 2 aromatic heterocycles. The van der Waals surface area contributed by atoms with Crippen molar-refractivity contribution in [3.05, 3.63) is 72.3 Å². The highest BCUT2D eigenvalue weighted by molar-refractivity contribution is 5.78. The Morgan fingerprint density at radius 3 is 2.48 bits per heavy atom. The van der Waals surface area contributed by atoms with Crippen molar-refractivity contribution in [3.8, 4) is 11.4 Å². The summed E-state index contributed by atoms with van der Waals surface area (Å²) in [5.74, 6) is 1.21. The number of pyridine rings is 1. The number of piperidine rings is 1. The van der Waals surface area contributed by atoms with Gasteiger partial charge in [0.15, 0.2) is 0 Å². The van der Waals surface area contributed by atoms with Gasteiger partial charge in [0.25, 0.3) is 0 Å². The van der Waals surface area contributed by atoms with Gasteiger partial charge in [0, 0.05) is 49.0 Å². The second kappa shape index (κ2) is 7.74. The van der Waals surface area contributed by atoms with Crippen molar-refractivity contribution in [1.82, 2.24) is 19.4 Å². The molecule has 1 fully saturated rings. The third kappa shape index (κ3) is 3.77. The maximum absolute atomic E-state index is 12.6. The first-order chi connectivity index (χ1) is 13.2. The molecule has 0 saturated carbocycles. The quantitative estimate of drug-likeness (QED) is 0.713. The second-order valence-corrected chi connectivity index (χ2v) is 7.10. The summed E-state index contributed by atoms with van der Waals surface area (Å²) in [7, 11) is 0. The summed E-state index contributed by atoms with van der Waals surface area (Å²) in [5, 5.41) is 0. The molecule has 0 N–H and O–H groups in total. The summed E-state index contributed by atoms with van der Waals surface area (Å²) in [6.07, 6.45) is 7.93. The SMILES string of the molecule is Cc1cnc(-c2ccncc2)n1C1CCN(C(=O)Cc2ccccc2)CC1. The van der Waals surface area contributed by atoms with Crippen LogP contribution in [0.4, 0.5) is 0 Å². The summed E-state index contributed by atoms with van der Waals surface area (Å²) in [6, 6.07) is 14.3. The van der Waals surface area contributed by atoms with Gasteiger partial charge in [0.1, 0.15) is 5.82 Å². The van der Waals surface area contributed by atoms with E-state index in [-0.39, 0.29) is 5.91 Å². The zero-order chi connectivity index (χ0) is 18.6. The number of likely N-dealkylation sites (tertiary alicyclic amines) is 1.